The van der Waals surface area contributed by atoms with Crippen LogP contribution in [0.3, 0.4) is 0 Å². The summed E-state index contributed by atoms with van der Waals surface area (Å²) < 4.78 is 19.5. The number of nitrogen functional groups attached to an aromatic ring is 1. The van der Waals surface area contributed by atoms with Gasteiger partial charge in [-0.05, 0) is 42.2 Å². The molecule has 1 fully saturated rings. The van der Waals surface area contributed by atoms with Crippen molar-refractivity contribution in [2.45, 2.75) is 6.42 Å². The number of anilines is 3. The average molecular weight is 437 g/mol. The first-order valence-electron chi connectivity index (χ1n) is 8.62. The number of benzene rings is 2. The summed E-state index contributed by atoms with van der Waals surface area (Å²) >= 11 is 7.96. The van der Waals surface area contributed by atoms with E-state index in [-0.39, 0.29) is 22.6 Å². The Hall–Kier alpha value is -2.78. The number of nitrogens with two attached hydrogens (primary N) is 1. The highest BCUT2D eigenvalue weighted by atomic mass is 35.5. The van der Waals surface area contributed by atoms with Crippen LogP contribution in [-0.4, -0.2) is 39.2 Å². The number of aliphatic carboxylic acids is 1. The molecule has 0 spiro atoms. The number of nitrogens with one attached hydrogen (secondary N) is 1. The minimum Gasteiger partial charge on any atom is -0.480 e. The van der Waals surface area contributed by atoms with Gasteiger partial charge in [0, 0.05) is 16.8 Å². The third kappa shape index (κ3) is 5.61. The molecule has 0 saturated carbocycles. The van der Waals surface area contributed by atoms with Crippen LogP contribution in [0.25, 0.3) is 10.9 Å². The van der Waals surface area contributed by atoms with E-state index < -0.39 is 18.4 Å². The molecule has 1 aromatic heterocycles. The number of hydrogen-bond donors (Lipinski definition) is 3. The van der Waals surface area contributed by atoms with Crippen molar-refractivity contribution in [3.8, 4) is 5.75 Å². The molecule has 2 heterocycles. The number of carbonyl (C=O) groups is 1. The number of ether oxygens (including phenoxy) is 1. The first kappa shape index (κ1) is 20.9. The summed E-state index contributed by atoms with van der Waals surface area (Å²) in [5.41, 5.74) is 6.57. The molecule has 1 saturated heterocycles. The van der Waals surface area contributed by atoms with Crippen LogP contribution in [0.2, 0.25) is 5.02 Å². The van der Waals surface area contributed by atoms with Crippen LogP contribution in [0.5, 0.6) is 5.75 Å². The molecule has 0 amide bonds. The van der Waals surface area contributed by atoms with E-state index in [1.807, 2.05) is 11.8 Å². The van der Waals surface area contributed by atoms with E-state index in [0.29, 0.717) is 16.2 Å². The minimum absolute atomic E-state index is 0.149. The van der Waals surface area contributed by atoms with Crippen molar-refractivity contribution < 1.29 is 19.0 Å². The van der Waals surface area contributed by atoms with E-state index in [0.717, 1.165) is 0 Å². The van der Waals surface area contributed by atoms with Crippen LogP contribution < -0.4 is 15.8 Å². The van der Waals surface area contributed by atoms with Gasteiger partial charge in [0.25, 0.3) is 0 Å². The molecule has 2 aromatic carbocycles. The van der Waals surface area contributed by atoms with Crippen molar-refractivity contribution in [1.29, 1.82) is 0 Å². The Morgan fingerprint density at radius 1 is 1.31 bits per heavy atom. The highest BCUT2D eigenvalue weighted by Crippen LogP contribution is 2.33. The number of aromatic nitrogens is 2. The fourth-order valence-electron chi connectivity index (χ4n) is 2.39. The first-order valence-corrected chi connectivity index (χ1v) is 10.2. The van der Waals surface area contributed by atoms with Crippen molar-refractivity contribution in [3.63, 3.8) is 0 Å². The molecule has 7 nitrogen and oxygen atoms in total. The van der Waals surface area contributed by atoms with E-state index in [2.05, 4.69) is 15.3 Å². The molecule has 4 rings (SSSR count). The lowest BCUT2D eigenvalue weighted by molar-refractivity contribution is -0.139. The van der Waals surface area contributed by atoms with E-state index in [1.54, 1.807) is 12.1 Å². The summed E-state index contributed by atoms with van der Waals surface area (Å²) in [6.07, 6.45) is 2.72. The Labute approximate surface area is 175 Å². The lowest BCUT2D eigenvalue weighted by Gasteiger charge is -2.14. The van der Waals surface area contributed by atoms with Crippen LogP contribution in [0.4, 0.5) is 21.6 Å². The van der Waals surface area contributed by atoms with E-state index in [1.165, 1.54) is 42.5 Å². The lowest BCUT2D eigenvalue weighted by atomic mass is 10.2. The van der Waals surface area contributed by atoms with Crippen molar-refractivity contribution in [2.75, 3.05) is 29.2 Å². The second-order valence-electron chi connectivity index (χ2n) is 6.03. The summed E-state index contributed by atoms with van der Waals surface area (Å²) in [6.45, 7) is -0.551. The van der Waals surface area contributed by atoms with Crippen LogP contribution in [0, 0.1) is 5.82 Å². The number of nitrogens with zero attached hydrogens (tertiary/aromatic N) is 2. The molecular formula is C19H18ClFN4O3S. The highest BCUT2D eigenvalue weighted by molar-refractivity contribution is 8.00. The normalized spacial score (nSPS) is 12.5. The molecule has 0 aliphatic carbocycles. The van der Waals surface area contributed by atoms with Crippen LogP contribution in [0.1, 0.15) is 6.42 Å². The maximum atomic E-state index is 14.3. The predicted molar refractivity (Wildman–Crippen MR) is 114 cm³/mol. The Bertz CT molecular complexity index is 1030. The van der Waals surface area contributed by atoms with Crippen LogP contribution in [0.15, 0.2) is 36.7 Å². The molecule has 0 bridgehead atoms. The second kappa shape index (κ2) is 9.62. The van der Waals surface area contributed by atoms with Gasteiger partial charge in [-0.2, -0.15) is 11.8 Å². The van der Waals surface area contributed by atoms with Gasteiger partial charge in [0.15, 0.2) is 6.61 Å². The number of hydrogen-bond acceptors (Lipinski definition) is 7. The van der Waals surface area contributed by atoms with Crippen molar-refractivity contribution >= 4 is 57.4 Å². The van der Waals surface area contributed by atoms with E-state index in [9.17, 15) is 9.18 Å². The smallest absolute Gasteiger partial charge is 0.341 e. The summed E-state index contributed by atoms with van der Waals surface area (Å²) in [4.78, 5) is 18.8. The van der Waals surface area contributed by atoms with E-state index >= 15 is 0 Å². The Kier molecular flexibility index (Phi) is 6.95. The van der Waals surface area contributed by atoms with Crippen LogP contribution >= 0.6 is 23.4 Å². The average Bonchev–Trinajstić information content (AvgIpc) is 2.60. The number of rotatable bonds is 5. The Balaban J connectivity index is 0.000000536. The molecule has 0 unspecified atom stereocenters. The maximum Gasteiger partial charge on any atom is 0.341 e. The van der Waals surface area contributed by atoms with Gasteiger partial charge in [-0.15, -0.1) is 0 Å². The molecule has 4 N–H and O–H groups in total. The number of thioether (sulfide) groups is 1. The van der Waals surface area contributed by atoms with Crippen molar-refractivity contribution in [1.82, 2.24) is 9.97 Å². The zero-order chi connectivity index (χ0) is 20.8. The molecular weight excluding hydrogens is 419 g/mol. The molecule has 10 heteroatoms. The van der Waals surface area contributed by atoms with Crippen LogP contribution in [-0.2, 0) is 4.79 Å². The summed E-state index contributed by atoms with van der Waals surface area (Å²) in [5, 5.41) is 12.2. The lowest BCUT2D eigenvalue weighted by Crippen LogP contribution is -2.10. The topological polar surface area (TPSA) is 110 Å². The Morgan fingerprint density at radius 3 is 2.69 bits per heavy atom. The molecule has 1 aliphatic rings. The third-order valence-electron chi connectivity index (χ3n) is 3.84. The number of halogens is 2. The molecule has 0 atom stereocenters. The van der Waals surface area contributed by atoms with Gasteiger partial charge in [0.1, 0.15) is 23.7 Å². The summed E-state index contributed by atoms with van der Waals surface area (Å²) in [6, 6.07) is 7.29. The molecule has 1 aliphatic heterocycles. The molecule has 3 aromatic rings. The van der Waals surface area contributed by atoms with Gasteiger partial charge in [0.2, 0.25) is 0 Å². The zero-order valence-electron chi connectivity index (χ0n) is 15.2. The number of carboxylic acids is 1. The summed E-state index contributed by atoms with van der Waals surface area (Å²) in [7, 11) is 0. The van der Waals surface area contributed by atoms with Gasteiger partial charge in [-0.1, -0.05) is 11.6 Å². The number of carboxylic acid groups (broad SMARTS) is 1. The largest absolute Gasteiger partial charge is 0.480 e. The number of fused-ring (bicyclic) bond motifs is 1. The first-order chi connectivity index (χ1) is 13.9. The SMILES string of the molecule is C1CSC1.Nc1cc(F)c2c(Nc3ccc(Cl)cc3OCC(=O)O)ncnc2c1. The van der Waals surface area contributed by atoms with E-state index in [4.69, 9.17) is 27.2 Å². The van der Waals surface area contributed by atoms with Crippen molar-refractivity contribution in [3.05, 3.63) is 47.5 Å². The monoisotopic (exact) mass is 436 g/mol. The van der Waals surface area contributed by atoms with Gasteiger partial charge in [-0.3, -0.25) is 0 Å². The second-order valence-corrected chi connectivity index (χ2v) is 7.69. The fraction of sp³-hybridized carbons (Fsp3) is 0.211. The third-order valence-corrected chi connectivity index (χ3v) is 5.23. The molecule has 29 heavy (non-hydrogen) atoms. The standard InChI is InChI=1S/C16H12ClFN4O3.C3H6S/c17-8-1-2-11(13(3-8)25-6-14(23)24)22-16-15-10(18)4-9(19)5-12(15)20-7-21-16;1-2-4-3-1/h1-5,7H,6,19H2,(H,23,24)(H,20,21,22);1-3H2. The quantitative estimate of drug-likeness (QED) is 0.507. The predicted octanol–water partition coefficient (Wildman–Crippen LogP) is 4.33. The molecule has 0 radical (unpaired) electrons. The maximum absolute atomic E-state index is 14.3. The van der Waals surface area contributed by atoms with Gasteiger partial charge >= 0.3 is 5.97 Å². The Morgan fingerprint density at radius 2 is 2.03 bits per heavy atom. The van der Waals surface area contributed by atoms with Gasteiger partial charge in [0.05, 0.1) is 16.6 Å². The highest BCUT2D eigenvalue weighted by Gasteiger charge is 2.13. The van der Waals surface area contributed by atoms with Gasteiger partial charge in [-0.25, -0.2) is 19.2 Å². The zero-order valence-corrected chi connectivity index (χ0v) is 16.8. The fourth-order valence-corrected chi connectivity index (χ4v) is 2.84. The van der Waals surface area contributed by atoms with Crippen molar-refractivity contribution in [2.24, 2.45) is 0 Å². The minimum atomic E-state index is -1.14. The molecule has 152 valence electrons. The summed E-state index contributed by atoms with van der Waals surface area (Å²) in [5.74, 6) is 1.49. The van der Waals surface area contributed by atoms with Gasteiger partial charge < -0.3 is 20.9 Å².